The molecule has 0 saturated heterocycles. The van der Waals surface area contributed by atoms with Crippen molar-refractivity contribution in [2.75, 3.05) is 6.61 Å². The fourth-order valence-corrected chi connectivity index (χ4v) is 7.18. The molecular weight excluding hydrogens is 755 g/mol. The third-order valence-corrected chi connectivity index (χ3v) is 11.0. The molecule has 3 unspecified atom stereocenters. The number of carbonyl (C=O) groups excluding carboxylic acids is 2. The fourth-order valence-electron chi connectivity index (χ4n) is 7.18. The highest BCUT2D eigenvalue weighted by Gasteiger charge is 2.24. The normalized spacial score (nSPS) is 14.0. The predicted molar refractivity (Wildman–Crippen MR) is 264 cm³/mol. The number of unbranched alkanes of at least 4 members (excludes halogenated alkanes) is 20. The first-order valence-corrected chi connectivity index (χ1v) is 25.3. The van der Waals surface area contributed by atoms with E-state index in [2.05, 4.69) is 111 Å². The smallest absolute Gasteiger partial charge is 0.306 e. The molecule has 6 nitrogen and oxygen atoms in total. The van der Waals surface area contributed by atoms with E-state index >= 15 is 0 Å². The van der Waals surface area contributed by atoms with Gasteiger partial charge in [-0.1, -0.05) is 209 Å². The van der Waals surface area contributed by atoms with E-state index in [1.54, 1.807) is 0 Å². The van der Waals surface area contributed by atoms with Gasteiger partial charge in [0.1, 0.15) is 6.10 Å². The topological polar surface area (TPSA) is 95.9 Å². The number of carbonyl (C=O) groups is 2. The minimum absolute atomic E-state index is 0.0467. The first-order chi connectivity index (χ1) is 30.0. The molecule has 0 aromatic heterocycles. The molecule has 0 bridgehead atoms. The lowest BCUT2D eigenvalue weighted by Gasteiger charge is -2.24. The van der Waals surface area contributed by atoms with Crippen LogP contribution in [-0.2, 0) is 14.3 Å². The summed E-state index contributed by atoms with van der Waals surface area (Å²) >= 11 is 0. The second-order valence-electron chi connectivity index (χ2n) is 16.9. The van der Waals surface area contributed by atoms with Gasteiger partial charge in [-0.25, -0.2) is 0 Å². The number of nitrogens with one attached hydrogen (secondary N) is 1. The van der Waals surface area contributed by atoms with Gasteiger partial charge < -0.3 is 20.3 Å². The summed E-state index contributed by atoms with van der Waals surface area (Å²) in [5.41, 5.74) is 0. The van der Waals surface area contributed by atoms with Crippen LogP contribution in [0.2, 0.25) is 0 Å². The standard InChI is InChI=1S/C55H95NO5/c1-4-7-10-13-16-19-22-24-25-26-27-28-29-31-33-36-39-42-45-48-55(60)61-51(46-43-40-37-34-32-30-23-20-17-14-11-8-5-2)49-54(59)56-52(50-57)53(58)47-44-41-38-35-21-18-15-12-9-6-3/h8,11,14,16-17,19-20,23-25,27-28,31,33,51-53,57-58H,4-7,9-10,12-13,15,18,21-22,26,29-30,32,34-50H2,1-3H3,(H,56,59)/b11-8+,17-14+,19-16-,23-20+,25-24-,28-27-,33-31-. The van der Waals surface area contributed by atoms with Crippen molar-refractivity contribution in [2.45, 2.75) is 244 Å². The molecule has 0 aliphatic rings. The maximum atomic E-state index is 13.2. The van der Waals surface area contributed by atoms with Crippen molar-refractivity contribution in [2.24, 2.45) is 0 Å². The Balaban J connectivity index is 4.66. The van der Waals surface area contributed by atoms with Crippen molar-refractivity contribution in [1.82, 2.24) is 5.32 Å². The number of allylic oxidation sites excluding steroid dienone is 14. The Labute approximate surface area is 376 Å². The number of esters is 1. The van der Waals surface area contributed by atoms with Gasteiger partial charge in [-0.2, -0.15) is 0 Å². The molecule has 0 spiro atoms. The van der Waals surface area contributed by atoms with Gasteiger partial charge >= 0.3 is 5.97 Å². The van der Waals surface area contributed by atoms with Gasteiger partial charge in [0.05, 0.1) is 25.2 Å². The van der Waals surface area contributed by atoms with Crippen molar-refractivity contribution >= 4 is 11.9 Å². The fraction of sp³-hybridized carbons (Fsp3) is 0.709. The number of rotatable bonds is 44. The van der Waals surface area contributed by atoms with Crippen LogP contribution < -0.4 is 5.32 Å². The van der Waals surface area contributed by atoms with Crippen molar-refractivity contribution in [3.63, 3.8) is 0 Å². The molecule has 0 heterocycles. The van der Waals surface area contributed by atoms with Gasteiger partial charge in [0.15, 0.2) is 0 Å². The maximum Gasteiger partial charge on any atom is 0.306 e. The summed E-state index contributed by atoms with van der Waals surface area (Å²) in [7, 11) is 0. The summed E-state index contributed by atoms with van der Waals surface area (Å²) in [5.74, 6) is -0.537. The molecule has 3 N–H and O–H groups in total. The number of aliphatic hydroxyl groups is 2. The molecule has 0 aliphatic carbocycles. The van der Waals surface area contributed by atoms with Crippen LogP contribution in [0.5, 0.6) is 0 Å². The summed E-state index contributed by atoms with van der Waals surface area (Å²) < 4.78 is 5.91. The molecule has 0 aliphatic heterocycles. The Hall–Kier alpha value is -2.96. The largest absolute Gasteiger partial charge is 0.462 e. The second kappa shape index (κ2) is 48.1. The highest BCUT2D eigenvalue weighted by Crippen LogP contribution is 2.17. The Morgan fingerprint density at radius 2 is 0.951 bits per heavy atom. The maximum absolute atomic E-state index is 13.2. The Kier molecular flexibility index (Phi) is 45.7. The van der Waals surface area contributed by atoms with E-state index in [-0.39, 0.29) is 24.9 Å². The summed E-state index contributed by atoms with van der Waals surface area (Å²) in [4.78, 5) is 26.1. The van der Waals surface area contributed by atoms with Crippen LogP contribution in [0.25, 0.3) is 0 Å². The molecule has 0 saturated carbocycles. The lowest BCUT2D eigenvalue weighted by molar-refractivity contribution is -0.151. The Morgan fingerprint density at radius 1 is 0.508 bits per heavy atom. The summed E-state index contributed by atoms with van der Waals surface area (Å²) in [6.07, 6.45) is 62.1. The Morgan fingerprint density at radius 3 is 1.51 bits per heavy atom. The molecule has 0 aromatic rings. The molecule has 0 aromatic carbocycles. The summed E-state index contributed by atoms with van der Waals surface area (Å²) in [6.45, 7) is 6.29. The van der Waals surface area contributed by atoms with Gasteiger partial charge in [0, 0.05) is 6.42 Å². The average Bonchev–Trinajstić information content (AvgIpc) is 3.25. The average molecular weight is 850 g/mol. The van der Waals surface area contributed by atoms with Crippen LogP contribution in [0.3, 0.4) is 0 Å². The van der Waals surface area contributed by atoms with Crippen LogP contribution in [-0.4, -0.2) is 46.9 Å². The number of hydrogen-bond acceptors (Lipinski definition) is 5. The van der Waals surface area contributed by atoms with Crippen molar-refractivity contribution < 1.29 is 24.5 Å². The molecule has 61 heavy (non-hydrogen) atoms. The van der Waals surface area contributed by atoms with Gasteiger partial charge in [0.2, 0.25) is 5.91 Å². The van der Waals surface area contributed by atoms with Crippen LogP contribution in [0.4, 0.5) is 0 Å². The van der Waals surface area contributed by atoms with Crippen LogP contribution >= 0.6 is 0 Å². The zero-order chi connectivity index (χ0) is 44.5. The van der Waals surface area contributed by atoms with E-state index in [9.17, 15) is 19.8 Å². The summed E-state index contributed by atoms with van der Waals surface area (Å²) in [5, 5.41) is 23.7. The first kappa shape index (κ1) is 58.0. The van der Waals surface area contributed by atoms with Crippen molar-refractivity contribution in [3.8, 4) is 0 Å². The lowest BCUT2D eigenvalue weighted by atomic mass is 10.0. The van der Waals surface area contributed by atoms with Crippen molar-refractivity contribution in [1.29, 1.82) is 0 Å². The van der Waals surface area contributed by atoms with E-state index in [0.717, 1.165) is 109 Å². The molecule has 1 amide bonds. The summed E-state index contributed by atoms with van der Waals surface area (Å²) in [6, 6.07) is -0.718. The van der Waals surface area contributed by atoms with Gasteiger partial charge in [-0.15, -0.1) is 0 Å². The quantitative estimate of drug-likeness (QED) is 0.0246. The lowest BCUT2D eigenvalue weighted by Crippen LogP contribution is -2.46. The van der Waals surface area contributed by atoms with Gasteiger partial charge in [-0.3, -0.25) is 9.59 Å². The van der Waals surface area contributed by atoms with Crippen LogP contribution in [0, 0.1) is 0 Å². The molecule has 350 valence electrons. The molecule has 0 radical (unpaired) electrons. The van der Waals surface area contributed by atoms with Gasteiger partial charge in [0.25, 0.3) is 0 Å². The molecule has 3 atom stereocenters. The van der Waals surface area contributed by atoms with Crippen molar-refractivity contribution in [3.05, 3.63) is 85.1 Å². The highest BCUT2D eigenvalue weighted by atomic mass is 16.5. The van der Waals surface area contributed by atoms with E-state index in [1.165, 1.54) is 70.6 Å². The molecule has 0 fully saturated rings. The Bertz CT molecular complexity index is 1180. The highest BCUT2D eigenvalue weighted by molar-refractivity contribution is 5.77. The van der Waals surface area contributed by atoms with Gasteiger partial charge in [-0.05, 0) is 89.9 Å². The molecule has 0 rings (SSSR count). The third-order valence-electron chi connectivity index (χ3n) is 11.0. The van der Waals surface area contributed by atoms with E-state index in [1.807, 2.05) is 0 Å². The molecule has 6 heteroatoms. The van der Waals surface area contributed by atoms with Crippen LogP contribution in [0.1, 0.15) is 226 Å². The number of hydrogen-bond donors (Lipinski definition) is 3. The SMILES string of the molecule is CC/C=C/C=C/C=C/CCCCCCCC(CC(=O)NC(CO)C(O)CCCCCCCCCCCC)OC(=O)CCCCC/C=C\C/C=C\C/C=C\C/C=C\CCCCC. The number of aliphatic hydroxyl groups excluding tert-OH is 2. The van der Waals surface area contributed by atoms with E-state index in [4.69, 9.17) is 4.74 Å². The monoisotopic (exact) mass is 850 g/mol. The predicted octanol–water partition coefficient (Wildman–Crippen LogP) is 15.2. The number of amides is 1. The minimum atomic E-state index is -0.802. The first-order valence-electron chi connectivity index (χ1n) is 25.3. The van der Waals surface area contributed by atoms with Crippen LogP contribution in [0.15, 0.2) is 85.1 Å². The minimum Gasteiger partial charge on any atom is -0.462 e. The second-order valence-corrected chi connectivity index (χ2v) is 16.9. The zero-order valence-electron chi connectivity index (χ0n) is 39.8. The zero-order valence-corrected chi connectivity index (χ0v) is 39.8. The van der Waals surface area contributed by atoms with E-state index < -0.39 is 18.2 Å². The third kappa shape index (κ3) is 43.5. The number of ether oxygens (including phenoxy) is 1. The molecular formula is C55H95NO5. The van der Waals surface area contributed by atoms with E-state index in [0.29, 0.717) is 19.3 Å².